The Hall–Kier alpha value is -1.36. The largest absolute Gasteiger partial charge is 0.489 e. The second-order valence-electron chi connectivity index (χ2n) is 3.23. The van der Waals surface area contributed by atoms with Gasteiger partial charge in [0.2, 0.25) is 0 Å². The maximum atomic E-state index is 8.00. The summed E-state index contributed by atoms with van der Waals surface area (Å²) in [5.41, 5.74) is 1.19. The Morgan fingerprint density at radius 3 is 2.12 bits per heavy atom. The highest BCUT2D eigenvalue weighted by Crippen LogP contribution is 2.14. The van der Waals surface area contributed by atoms with Gasteiger partial charge in [-0.05, 0) is 52.4 Å². The Bertz CT molecular complexity index is 426. The maximum absolute atomic E-state index is 8.00. The van der Waals surface area contributed by atoms with Gasteiger partial charge in [-0.15, -0.1) is 0 Å². The van der Waals surface area contributed by atoms with Crippen molar-refractivity contribution in [2.24, 2.45) is 0 Å². The zero-order chi connectivity index (χ0) is 12.5. The Balaban J connectivity index is 0.000000686. The van der Waals surface area contributed by atoms with Gasteiger partial charge in [-0.2, -0.15) is 0 Å². The Morgan fingerprint density at radius 1 is 0.941 bits per heavy atom. The molecule has 0 saturated heterocycles. The molecule has 2 aromatic carbocycles. The topological polar surface area (TPSA) is 26.3 Å². The number of carbonyl (C=O) groups excluding carboxylic acids is 1. The van der Waals surface area contributed by atoms with Crippen molar-refractivity contribution in [2.45, 2.75) is 6.61 Å². The highest BCUT2D eigenvalue weighted by atomic mass is 127. The number of hydrogen-bond donors (Lipinski definition) is 0. The van der Waals surface area contributed by atoms with Crippen molar-refractivity contribution in [1.29, 1.82) is 0 Å². The first-order chi connectivity index (χ1) is 8.34. The van der Waals surface area contributed by atoms with E-state index in [0.717, 1.165) is 5.75 Å². The molecule has 0 N–H and O–H groups in total. The van der Waals surface area contributed by atoms with E-state index >= 15 is 0 Å². The monoisotopic (exact) mass is 340 g/mol. The van der Waals surface area contributed by atoms with Crippen LogP contribution >= 0.6 is 22.6 Å². The summed E-state index contributed by atoms with van der Waals surface area (Å²) in [6.45, 7) is 2.63. The number of benzene rings is 2. The fourth-order valence-corrected chi connectivity index (χ4v) is 1.63. The molecule has 2 rings (SSSR count). The van der Waals surface area contributed by atoms with Crippen LogP contribution in [0.25, 0.3) is 0 Å². The molecule has 0 amide bonds. The molecule has 0 aromatic heterocycles. The predicted molar refractivity (Wildman–Crippen MR) is 77.1 cm³/mol. The molecule has 0 radical (unpaired) electrons. The van der Waals surface area contributed by atoms with Gasteiger partial charge in [-0.1, -0.05) is 30.3 Å². The molecule has 2 nitrogen and oxygen atoms in total. The van der Waals surface area contributed by atoms with Gasteiger partial charge in [0.15, 0.2) is 0 Å². The van der Waals surface area contributed by atoms with Crippen molar-refractivity contribution in [3.8, 4) is 5.75 Å². The molecule has 0 aliphatic rings. The molecule has 0 fully saturated rings. The molecular weight excluding hydrogens is 327 g/mol. The summed E-state index contributed by atoms with van der Waals surface area (Å²) < 4.78 is 6.87. The van der Waals surface area contributed by atoms with Crippen LogP contribution in [0.2, 0.25) is 0 Å². The Morgan fingerprint density at radius 2 is 1.53 bits per heavy atom. The van der Waals surface area contributed by atoms with Crippen LogP contribution in [-0.4, -0.2) is 6.79 Å². The smallest absolute Gasteiger partial charge is 0.119 e. The molecule has 0 spiro atoms. The summed E-state index contributed by atoms with van der Waals surface area (Å²) in [5, 5.41) is 0. The van der Waals surface area contributed by atoms with Crippen LogP contribution in [0.3, 0.4) is 0 Å². The van der Waals surface area contributed by atoms with E-state index in [1.807, 2.05) is 49.3 Å². The average Bonchev–Trinajstić information content (AvgIpc) is 2.42. The first-order valence-corrected chi connectivity index (χ1v) is 6.13. The first-order valence-electron chi connectivity index (χ1n) is 5.06. The van der Waals surface area contributed by atoms with Gasteiger partial charge in [-0.25, -0.2) is 0 Å². The van der Waals surface area contributed by atoms with E-state index in [-0.39, 0.29) is 0 Å². The SMILES string of the molecule is C=O.Ic1ccc(OCc2ccccc2)cc1. The summed E-state index contributed by atoms with van der Waals surface area (Å²) >= 11 is 2.28. The molecule has 0 saturated carbocycles. The average molecular weight is 340 g/mol. The molecule has 0 bridgehead atoms. The van der Waals surface area contributed by atoms with Crippen LogP contribution < -0.4 is 4.74 Å². The van der Waals surface area contributed by atoms with Gasteiger partial charge in [0.25, 0.3) is 0 Å². The number of ether oxygens (including phenoxy) is 1. The molecule has 17 heavy (non-hydrogen) atoms. The van der Waals surface area contributed by atoms with Gasteiger partial charge < -0.3 is 9.53 Å². The summed E-state index contributed by atoms with van der Waals surface area (Å²) in [7, 11) is 0. The molecule has 0 unspecified atom stereocenters. The zero-order valence-corrected chi connectivity index (χ0v) is 11.5. The van der Waals surface area contributed by atoms with E-state index in [4.69, 9.17) is 9.53 Å². The summed E-state index contributed by atoms with van der Waals surface area (Å²) in [4.78, 5) is 8.00. The number of hydrogen-bond acceptors (Lipinski definition) is 2. The molecule has 3 heteroatoms. The lowest BCUT2D eigenvalue weighted by molar-refractivity contribution is -0.0979. The third-order valence-electron chi connectivity index (χ3n) is 2.06. The fourth-order valence-electron chi connectivity index (χ4n) is 1.27. The van der Waals surface area contributed by atoms with Gasteiger partial charge >= 0.3 is 0 Å². The van der Waals surface area contributed by atoms with E-state index in [1.165, 1.54) is 9.13 Å². The van der Waals surface area contributed by atoms with Gasteiger partial charge in [0.1, 0.15) is 19.1 Å². The van der Waals surface area contributed by atoms with Crippen molar-refractivity contribution in [3.63, 3.8) is 0 Å². The van der Waals surface area contributed by atoms with Crippen LogP contribution in [-0.2, 0) is 11.4 Å². The molecule has 2 aromatic rings. The Kier molecular flexibility index (Phi) is 6.32. The molecule has 0 aliphatic carbocycles. The number of halogens is 1. The van der Waals surface area contributed by atoms with Gasteiger partial charge in [0.05, 0.1) is 0 Å². The molecule has 0 heterocycles. The number of rotatable bonds is 3. The van der Waals surface area contributed by atoms with E-state index in [2.05, 4.69) is 34.7 Å². The number of carbonyl (C=O) groups is 1. The highest BCUT2D eigenvalue weighted by Gasteiger charge is 1.94. The lowest BCUT2D eigenvalue weighted by Crippen LogP contribution is -1.94. The van der Waals surface area contributed by atoms with Crippen LogP contribution in [0.1, 0.15) is 5.56 Å². The van der Waals surface area contributed by atoms with Crippen molar-refractivity contribution in [2.75, 3.05) is 0 Å². The van der Waals surface area contributed by atoms with E-state index < -0.39 is 0 Å². The predicted octanol–water partition coefficient (Wildman–Crippen LogP) is 3.69. The minimum Gasteiger partial charge on any atom is -0.489 e. The molecule has 0 aliphatic heterocycles. The van der Waals surface area contributed by atoms with Crippen molar-refractivity contribution < 1.29 is 9.53 Å². The lowest BCUT2D eigenvalue weighted by atomic mass is 10.2. The maximum Gasteiger partial charge on any atom is 0.119 e. The minimum atomic E-state index is 0.626. The van der Waals surface area contributed by atoms with Crippen LogP contribution in [0.5, 0.6) is 5.75 Å². The first kappa shape index (κ1) is 13.7. The molecule has 88 valence electrons. The normalized spacial score (nSPS) is 9.00. The molecular formula is C14H13IO2. The second kappa shape index (κ2) is 7.84. The quantitative estimate of drug-likeness (QED) is 0.797. The summed E-state index contributed by atoms with van der Waals surface area (Å²) in [5.74, 6) is 0.916. The summed E-state index contributed by atoms with van der Waals surface area (Å²) in [6.07, 6.45) is 0. The van der Waals surface area contributed by atoms with Gasteiger partial charge in [-0.3, -0.25) is 0 Å². The third kappa shape index (κ3) is 4.99. The third-order valence-corrected chi connectivity index (χ3v) is 2.78. The van der Waals surface area contributed by atoms with Crippen molar-refractivity contribution >= 4 is 29.4 Å². The van der Waals surface area contributed by atoms with E-state index in [0.29, 0.717) is 6.61 Å². The van der Waals surface area contributed by atoms with Crippen molar-refractivity contribution in [3.05, 3.63) is 63.7 Å². The van der Waals surface area contributed by atoms with Crippen LogP contribution in [0.15, 0.2) is 54.6 Å². The zero-order valence-electron chi connectivity index (χ0n) is 9.30. The lowest BCUT2D eigenvalue weighted by Gasteiger charge is -2.05. The van der Waals surface area contributed by atoms with Crippen LogP contribution in [0, 0.1) is 3.57 Å². The minimum absolute atomic E-state index is 0.626. The Labute approximate surface area is 115 Å². The highest BCUT2D eigenvalue weighted by molar-refractivity contribution is 14.1. The van der Waals surface area contributed by atoms with Crippen molar-refractivity contribution in [1.82, 2.24) is 0 Å². The van der Waals surface area contributed by atoms with E-state index in [1.54, 1.807) is 0 Å². The summed E-state index contributed by atoms with van der Waals surface area (Å²) in [6, 6.07) is 18.2. The van der Waals surface area contributed by atoms with Crippen LogP contribution in [0.4, 0.5) is 0 Å². The molecule has 0 atom stereocenters. The standard InChI is InChI=1S/C13H11IO.CH2O/c14-12-6-8-13(9-7-12)15-10-11-4-2-1-3-5-11;1-2/h1-9H,10H2;1H2. The van der Waals surface area contributed by atoms with Gasteiger partial charge in [0, 0.05) is 3.57 Å². The fraction of sp³-hybridized carbons (Fsp3) is 0.0714. The second-order valence-corrected chi connectivity index (χ2v) is 4.47. The van der Waals surface area contributed by atoms with E-state index in [9.17, 15) is 0 Å².